The lowest BCUT2D eigenvalue weighted by Gasteiger charge is -2.45. The fraction of sp³-hybridized carbons (Fsp3) is 0.259. The minimum atomic E-state index is -0.920. The zero-order chi connectivity index (χ0) is 27.1. The summed E-state index contributed by atoms with van der Waals surface area (Å²) in [7, 11) is 2.50. The van der Waals surface area contributed by atoms with Crippen molar-refractivity contribution in [2.45, 2.75) is 32.7 Å². The zero-order valence-corrected chi connectivity index (χ0v) is 23.3. The normalized spacial score (nSPS) is 16.6. The Morgan fingerprint density at radius 2 is 1.54 bits per heavy atom. The molecule has 0 unspecified atom stereocenters. The molecule has 0 atom stereocenters. The SMILES string of the molecule is COC(=O)C1=C(C(=O)OC)SC(=C2C(=S)C(C)(C)N(C(=O)Cc3ccc(F)cc3)c3cc(C)ccc32)S1. The number of hydrogen-bond acceptors (Lipinski definition) is 8. The lowest BCUT2D eigenvalue weighted by Crippen LogP contribution is -2.56. The standard InChI is InChI=1S/C27H24FNO5S3/c1-14-6-11-17-18(12-14)29(19(30)13-15-7-9-16(28)10-8-15)27(2,3)23(35)20(17)26-36-21(24(31)33-4)22(37-26)25(32)34-5/h6-12H,13H2,1-5H3. The second kappa shape index (κ2) is 10.4. The number of methoxy groups -OCH3 is 2. The minimum Gasteiger partial charge on any atom is -0.465 e. The number of carbonyl (C=O) groups is 3. The summed E-state index contributed by atoms with van der Waals surface area (Å²) >= 11 is 8.19. The largest absolute Gasteiger partial charge is 0.465 e. The summed E-state index contributed by atoms with van der Waals surface area (Å²) in [4.78, 5) is 41.0. The molecule has 1 amide bonds. The van der Waals surface area contributed by atoms with E-state index in [9.17, 15) is 18.8 Å². The molecule has 0 bridgehead atoms. The lowest BCUT2D eigenvalue weighted by molar-refractivity contribution is -0.138. The highest BCUT2D eigenvalue weighted by molar-refractivity contribution is 8.29. The topological polar surface area (TPSA) is 72.9 Å². The third-order valence-electron chi connectivity index (χ3n) is 6.06. The molecule has 2 aliphatic rings. The van der Waals surface area contributed by atoms with E-state index in [4.69, 9.17) is 21.7 Å². The van der Waals surface area contributed by atoms with Crippen molar-refractivity contribution >= 4 is 69.7 Å². The van der Waals surface area contributed by atoms with Gasteiger partial charge in [-0.05, 0) is 50.1 Å². The van der Waals surface area contributed by atoms with Crippen LogP contribution in [0.1, 0.15) is 30.5 Å². The van der Waals surface area contributed by atoms with Crippen molar-refractivity contribution in [1.29, 1.82) is 0 Å². The average molecular weight is 558 g/mol. The number of nitrogens with zero attached hydrogens (tertiary/aromatic N) is 1. The van der Waals surface area contributed by atoms with Crippen molar-refractivity contribution in [1.82, 2.24) is 0 Å². The van der Waals surface area contributed by atoms with Crippen LogP contribution in [0.3, 0.4) is 0 Å². The highest BCUT2D eigenvalue weighted by Gasteiger charge is 2.46. The number of amides is 1. The molecule has 0 saturated heterocycles. The van der Waals surface area contributed by atoms with Crippen LogP contribution in [0.5, 0.6) is 0 Å². The van der Waals surface area contributed by atoms with E-state index in [1.54, 1.807) is 17.0 Å². The molecule has 0 aliphatic carbocycles. The van der Waals surface area contributed by atoms with E-state index in [1.807, 2.05) is 39.0 Å². The van der Waals surface area contributed by atoms with Crippen LogP contribution < -0.4 is 4.90 Å². The molecule has 0 aromatic heterocycles. The molecule has 0 radical (unpaired) electrons. The third-order valence-corrected chi connectivity index (χ3v) is 9.33. The highest BCUT2D eigenvalue weighted by Crippen LogP contribution is 2.56. The Labute approximate surface area is 228 Å². The summed E-state index contributed by atoms with van der Waals surface area (Å²) in [6, 6.07) is 11.6. The smallest absolute Gasteiger partial charge is 0.346 e. The number of esters is 2. The number of carbonyl (C=O) groups excluding carboxylic acids is 3. The Morgan fingerprint density at radius 1 is 0.973 bits per heavy atom. The van der Waals surface area contributed by atoms with Crippen LogP contribution in [-0.2, 0) is 30.3 Å². The predicted octanol–water partition coefficient (Wildman–Crippen LogP) is 5.58. The summed E-state index contributed by atoms with van der Waals surface area (Å²) in [5.41, 5.74) is 2.77. The molecular weight excluding hydrogens is 533 g/mol. The first kappa shape index (κ1) is 27.1. The molecule has 6 nitrogen and oxygen atoms in total. The van der Waals surface area contributed by atoms with Crippen molar-refractivity contribution in [2.24, 2.45) is 0 Å². The summed E-state index contributed by atoms with van der Waals surface area (Å²) < 4.78 is 23.8. The second-order valence-corrected chi connectivity index (χ2v) is 11.7. The zero-order valence-electron chi connectivity index (χ0n) is 20.8. The van der Waals surface area contributed by atoms with Crippen LogP contribution in [0.15, 0.2) is 56.5 Å². The van der Waals surface area contributed by atoms with E-state index < -0.39 is 17.5 Å². The van der Waals surface area contributed by atoms with Gasteiger partial charge in [-0.3, -0.25) is 4.79 Å². The molecule has 192 valence electrons. The highest BCUT2D eigenvalue weighted by atomic mass is 32.2. The lowest BCUT2D eigenvalue weighted by atomic mass is 9.82. The summed E-state index contributed by atoms with van der Waals surface area (Å²) in [5.74, 6) is -1.85. The molecule has 2 heterocycles. The van der Waals surface area contributed by atoms with Crippen molar-refractivity contribution in [2.75, 3.05) is 19.1 Å². The number of fused-ring (bicyclic) bond motifs is 1. The van der Waals surface area contributed by atoms with Crippen molar-refractivity contribution < 1.29 is 28.2 Å². The van der Waals surface area contributed by atoms with Gasteiger partial charge in [-0.1, -0.05) is 60.0 Å². The monoisotopic (exact) mass is 557 g/mol. The van der Waals surface area contributed by atoms with Crippen LogP contribution >= 0.6 is 35.7 Å². The number of hydrogen-bond donors (Lipinski definition) is 0. The molecule has 0 fully saturated rings. The van der Waals surface area contributed by atoms with Crippen molar-refractivity contribution in [3.05, 3.63) is 79.0 Å². The van der Waals surface area contributed by atoms with Crippen molar-refractivity contribution in [3.8, 4) is 0 Å². The Morgan fingerprint density at radius 3 is 2.08 bits per heavy atom. The van der Waals surface area contributed by atoms with E-state index in [0.717, 1.165) is 29.1 Å². The van der Waals surface area contributed by atoms with Gasteiger partial charge in [0.25, 0.3) is 0 Å². The molecule has 10 heteroatoms. The minimum absolute atomic E-state index is 0.0651. The fourth-order valence-electron chi connectivity index (χ4n) is 4.23. The maximum atomic E-state index is 13.7. The quantitative estimate of drug-likeness (QED) is 0.274. The number of ether oxygens (including phenoxy) is 2. The van der Waals surface area contributed by atoms with Gasteiger partial charge in [-0.2, -0.15) is 0 Å². The van der Waals surface area contributed by atoms with Gasteiger partial charge in [0.2, 0.25) is 5.91 Å². The Hall–Kier alpha value is -2.95. The number of aryl methyl sites for hydroxylation is 1. The summed E-state index contributed by atoms with van der Waals surface area (Å²) in [5, 5.41) is 0. The maximum Gasteiger partial charge on any atom is 0.346 e. The third kappa shape index (κ3) is 4.97. The molecule has 4 rings (SSSR count). The number of rotatable bonds is 4. The van der Waals surface area contributed by atoms with Crippen LogP contribution in [0, 0.1) is 12.7 Å². The Balaban J connectivity index is 1.84. The molecular formula is C27H24FNO5S3. The predicted molar refractivity (Wildman–Crippen MR) is 149 cm³/mol. The number of thioether (sulfide) groups is 2. The van der Waals surface area contributed by atoms with Crippen LogP contribution in [0.2, 0.25) is 0 Å². The van der Waals surface area contributed by atoms with Gasteiger partial charge in [0.05, 0.1) is 41.0 Å². The summed E-state index contributed by atoms with van der Waals surface area (Å²) in [6.45, 7) is 5.66. The molecule has 2 aromatic rings. The first-order chi connectivity index (χ1) is 17.5. The van der Waals surface area contributed by atoms with E-state index in [2.05, 4.69) is 0 Å². The van der Waals surface area contributed by atoms with Gasteiger partial charge in [0.15, 0.2) is 0 Å². The van der Waals surface area contributed by atoms with Crippen LogP contribution in [0.25, 0.3) is 5.57 Å². The molecule has 0 saturated carbocycles. The van der Waals surface area contributed by atoms with Gasteiger partial charge in [0, 0.05) is 11.1 Å². The van der Waals surface area contributed by atoms with E-state index >= 15 is 0 Å². The van der Waals surface area contributed by atoms with E-state index in [1.165, 1.54) is 26.4 Å². The number of benzene rings is 2. The van der Waals surface area contributed by atoms with Gasteiger partial charge >= 0.3 is 11.9 Å². The van der Waals surface area contributed by atoms with E-state index in [-0.39, 0.29) is 28.0 Å². The molecule has 0 N–H and O–H groups in total. The Bertz CT molecular complexity index is 1370. The Kier molecular flexibility index (Phi) is 7.64. The van der Waals surface area contributed by atoms with E-state index in [0.29, 0.717) is 31.5 Å². The molecule has 2 aliphatic heterocycles. The number of thiocarbonyl (C=S) groups is 1. The number of halogens is 1. The maximum absolute atomic E-state index is 13.7. The van der Waals surface area contributed by atoms with Gasteiger partial charge in [0.1, 0.15) is 15.6 Å². The number of anilines is 1. The average Bonchev–Trinajstić information content (AvgIpc) is 3.30. The second-order valence-electron chi connectivity index (χ2n) is 8.95. The van der Waals surface area contributed by atoms with Gasteiger partial charge in [-0.25, -0.2) is 14.0 Å². The van der Waals surface area contributed by atoms with Crippen LogP contribution in [0.4, 0.5) is 10.1 Å². The first-order valence-electron chi connectivity index (χ1n) is 11.2. The molecule has 37 heavy (non-hydrogen) atoms. The molecule has 0 spiro atoms. The van der Waals surface area contributed by atoms with Gasteiger partial charge in [-0.15, -0.1) is 0 Å². The first-order valence-corrected chi connectivity index (χ1v) is 13.3. The summed E-state index contributed by atoms with van der Waals surface area (Å²) in [6.07, 6.45) is 0.0651. The fourth-order valence-corrected chi connectivity index (χ4v) is 7.26. The van der Waals surface area contributed by atoms with Gasteiger partial charge < -0.3 is 14.4 Å². The molecule has 2 aromatic carbocycles. The van der Waals surface area contributed by atoms with Crippen LogP contribution in [-0.4, -0.2) is 42.5 Å². The van der Waals surface area contributed by atoms with Crippen molar-refractivity contribution in [3.63, 3.8) is 0 Å².